The number of piperidine rings is 1. The van der Waals surface area contributed by atoms with Crippen LogP contribution in [-0.4, -0.2) is 47.3 Å². The first-order valence-corrected chi connectivity index (χ1v) is 8.69. The van der Waals surface area contributed by atoms with E-state index < -0.39 is 0 Å². The molecule has 1 aliphatic heterocycles. The Morgan fingerprint density at radius 2 is 2.17 bits per heavy atom. The minimum Gasteiger partial charge on any atom is -0.354 e. The van der Waals surface area contributed by atoms with Crippen molar-refractivity contribution in [1.29, 1.82) is 0 Å². The number of hydrogen-bond donors (Lipinski definition) is 1. The first kappa shape index (κ1) is 16.2. The monoisotopic (exact) mass is 318 g/mol. The third-order valence-electron chi connectivity index (χ3n) is 4.89. The zero-order valence-electron chi connectivity index (χ0n) is 13.9. The Bertz CT molecular complexity index is 626. The highest BCUT2D eigenvalue weighted by molar-refractivity contribution is 5.78. The van der Waals surface area contributed by atoms with Gasteiger partial charge in [0.1, 0.15) is 0 Å². The molecule has 0 radical (unpaired) electrons. The second-order valence-electron chi connectivity index (χ2n) is 6.78. The van der Waals surface area contributed by atoms with E-state index in [4.69, 9.17) is 0 Å². The molecule has 6 heteroatoms. The van der Waals surface area contributed by atoms with Gasteiger partial charge < -0.3 is 10.2 Å². The first-order valence-electron chi connectivity index (χ1n) is 8.69. The maximum atomic E-state index is 12.2. The molecule has 2 aliphatic rings. The molecule has 1 fully saturated rings. The van der Waals surface area contributed by atoms with Crippen LogP contribution in [0.3, 0.4) is 0 Å². The summed E-state index contributed by atoms with van der Waals surface area (Å²) in [6, 6.07) is 1.72. The molecule has 1 amide bonds. The Hall–Kier alpha value is -1.69. The average molecular weight is 318 g/mol. The highest BCUT2D eigenvalue weighted by Crippen LogP contribution is 2.17. The van der Waals surface area contributed by atoms with Crippen LogP contribution in [-0.2, 0) is 24.2 Å². The fraction of sp³-hybridized carbons (Fsp3) is 0.706. The van der Waals surface area contributed by atoms with E-state index >= 15 is 0 Å². The molecule has 0 bridgehead atoms. The van der Waals surface area contributed by atoms with Crippen LogP contribution in [0.15, 0.2) is 10.9 Å². The van der Waals surface area contributed by atoms with E-state index in [1.54, 1.807) is 6.07 Å². The lowest BCUT2D eigenvalue weighted by atomic mass is 9.97. The number of aryl methyl sites for hydroxylation is 2. The average Bonchev–Trinajstić information content (AvgIpc) is 2.55. The summed E-state index contributed by atoms with van der Waals surface area (Å²) >= 11 is 0. The summed E-state index contributed by atoms with van der Waals surface area (Å²) in [5.74, 6) is 0.171. The molecule has 6 nitrogen and oxygen atoms in total. The Morgan fingerprint density at radius 3 is 3.00 bits per heavy atom. The lowest BCUT2D eigenvalue weighted by Crippen LogP contribution is -2.42. The predicted octanol–water partition coefficient (Wildman–Crippen LogP) is 0.580. The summed E-state index contributed by atoms with van der Waals surface area (Å²) in [4.78, 5) is 26.5. The molecule has 0 spiro atoms. The molecule has 1 unspecified atom stereocenters. The van der Waals surface area contributed by atoms with Crippen molar-refractivity contribution < 1.29 is 4.79 Å². The normalized spacial score (nSPS) is 21.7. The van der Waals surface area contributed by atoms with Crippen LogP contribution in [0.4, 0.5) is 0 Å². The van der Waals surface area contributed by atoms with Crippen molar-refractivity contribution in [2.45, 2.75) is 45.1 Å². The van der Waals surface area contributed by atoms with Crippen molar-refractivity contribution in [1.82, 2.24) is 20.0 Å². The van der Waals surface area contributed by atoms with Crippen molar-refractivity contribution in [3.8, 4) is 0 Å². The molecular formula is C17H26N4O2. The lowest BCUT2D eigenvalue weighted by molar-refractivity contribution is -0.126. The first-order chi connectivity index (χ1) is 11.1. The molecule has 1 aromatic heterocycles. The topological polar surface area (TPSA) is 67.2 Å². The van der Waals surface area contributed by atoms with Crippen LogP contribution >= 0.6 is 0 Å². The number of likely N-dealkylation sites (tertiary alicyclic amines) is 1. The number of hydrogen-bond acceptors (Lipinski definition) is 4. The molecule has 1 saturated heterocycles. The molecule has 1 atom stereocenters. The Balaban J connectivity index is 1.54. The zero-order valence-corrected chi connectivity index (χ0v) is 13.9. The number of rotatable bonds is 4. The Labute approximate surface area is 136 Å². The van der Waals surface area contributed by atoms with Crippen molar-refractivity contribution >= 4 is 5.91 Å². The molecule has 0 saturated carbocycles. The molecule has 0 aromatic carbocycles. The summed E-state index contributed by atoms with van der Waals surface area (Å²) in [6.45, 7) is 2.80. The molecule has 1 aliphatic carbocycles. The van der Waals surface area contributed by atoms with Gasteiger partial charge >= 0.3 is 0 Å². The quantitative estimate of drug-likeness (QED) is 0.882. The standard InChI is InChI=1S/C17H26N4O2/c1-20-9-4-6-14(12-20)17(23)18-8-10-21-16(22)11-13-5-2-3-7-15(13)19-21/h11,14H,2-10,12H2,1H3,(H,18,23). The minimum absolute atomic E-state index is 0.0581. The van der Waals surface area contributed by atoms with Gasteiger partial charge in [0.25, 0.3) is 5.56 Å². The third kappa shape index (κ3) is 3.99. The van der Waals surface area contributed by atoms with E-state index in [-0.39, 0.29) is 17.4 Å². The number of amides is 1. The number of nitrogens with zero attached hydrogens (tertiary/aromatic N) is 3. The fourth-order valence-corrected chi connectivity index (χ4v) is 3.57. The fourth-order valence-electron chi connectivity index (χ4n) is 3.57. The summed E-state index contributed by atoms with van der Waals surface area (Å²) in [6.07, 6.45) is 6.22. The molecule has 23 heavy (non-hydrogen) atoms. The van der Waals surface area contributed by atoms with E-state index in [0.717, 1.165) is 62.9 Å². The van der Waals surface area contributed by atoms with Crippen LogP contribution in [0.1, 0.15) is 36.9 Å². The van der Waals surface area contributed by atoms with Crippen molar-refractivity contribution in [2.24, 2.45) is 5.92 Å². The van der Waals surface area contributed by atoms with Crippen LogP contribution in [0.2, 0.25) is 0 Å². The van der Waals surface area contributed by atoms with Crippen molar-refractivity contribution in [3.05, 3.63) is 27.7 Å². The summed E-state index contributed by atoms with van der Waals surface area (Å²) in [5, 5.41) is 7.44. The highest BCUT2D eigenvalue weighted by Gasteiger charge is 2.23. The van der Waals surface area contributed by atoms with E-state index in [2.05, 4.69) is 22.4 Å². The summed E-state index contributed by atoms with van der Waals surface area (Å²) in [7, 11) is 2.05. The molecule has 1 aromatic rings. The molecular weight excluding hydrogens is 292 g/mol. The van der Waals surface area contributed by atoms with Gasteiger partial charge in [-0.2, -0.15) is 5.10 Å². The maximum absolute atomic E-state index is 12.2. The van der Waals surface area contributed by atoms with Gasteiger partial charge in [-0.25, -0.2) is 4.68 Å². The van der Waals surface area contributed by atoms with Gasteiger partial charge in [0, 0.05) is 19.2 Å². The molecule has 2 heterocycles. The van der Waals surface area contributed by atoms with Crippen LogP contribution in [0.5, 0.6) is 0 Å². The van der Waals surface area contributed by atoms with E-state index in [0.29, 0.717) is 13.1 Å². The highest BCUT2D eigenvalue weighted by atomic mass is 16.2. The number of carbonyl (C=O) groups is 1. The van der Waals surface area contributed by atoms with Crippen LogP contribution in [0.25, 0.3) is 0 Å². The van der Waals surface area contributed by atoms with Crippen LogP contribution in [0, 0.1) is 5.92 Å². The van der Waals surface area contributed by atoms with Gasteiger partial charge in [0.05, 0.1) is 18.2 Å². The van der Waals surface area contributed by atoms with Gasteiger partial charge in [-0.15, -0.1) is 0 Å². The maximum Gasteiger partial charge on any atom is 0.267 e. The van der Waals surface area contributed by atoms with Gasteiger partial charge in [-0.3, -0.25) is 9.59 Å². The van der Waals surface area contributed by atoms with Crippen molar-refractivity contribution in [2.75, 3.05) is 26.7 Å². The Morgan fingerprint density at radius 1 is 1.35 bits per heavy atom. The zero-order chi connectivity index (χ0) is 16.2. The summed E-state index contributed by atoms with van der Waals surface area (Å²) < 4.78 is 1.50. The van der Waals surface area contributed by atoms with Gasteiger partial charge in [-0.05, 0) is 57.7 Å². The smallest absolute Gasteiger partial charge is 0.267 e. The second kappa shape index (κ2) is 7.25. The third-order valence-corrected chi connectivity index (χ3v) is 4.89. The number of aromatic nitrogens is 2. The molecule has 1 N–H and O–H groups in total. The van der Waals surface area contributed by atoms with Gasteiger partial charge in [0.15, 0.2) is 0 Å². The second-order valence-corrected chi connectivity index (χ2v) is 6.78. The Kier molecular flexibility index (Phi) is 5.10. The van der Waals surface area contributed by atoms with Gasteiger partial charge in [-0.1, -0.05) is 0 Å². The van der Waals surface area contributed by atoms with E-state index in [1.807, 2.05) is 0 Å². The molecule has 126 valence electrons. The van der Waals surface area contributed by atoms with E-state index in [9.17, 15) is 9.59 Å². The predicted molar refractivity (Wildman–Crippen MR) is 88.4 cm³/mol. The van der Waals surface area contributed by atoms with Crippen molar-refractivity contribution in [3.63, 3.8) is 0 Å². The minimum atomic E-state index is -0.0581. The largest absolute Gasteiger partial charge is 0.354 e. The number of fused-ring (bicyclic) bond motifs is 1. The lowest BCUT2D eigenvalue weighted by Gasteiger charge is -2.28. The van der Waals surface area contributed by atoms with Crippen LogP contribution < -0.4 is 10.9 Å². The number of carbonyl (C=O) groups excluding carboxylic acids is 1. The number of nitrogens with one attached hydrogen (secondary N) is 1. The summed E-state index contributed by atoms with van der Waals surface area (Å²) in [5.41, 5.74) is 2.10. The SMILES string of the molecule is CN1CCCC(C(=O)NCCn2nc3c(cc2=O)CCCC3)C1. The van der Waals surface area contributed by atoms with Gasteiger partial charge in [0.2, 0.25) is 5.91 Å². The van der Waals surface area contributed by atoms with E-state index in [1.165, 1.54) is 4.68 Å². The molecule has 3 rings (SSSR count).